The average molecular weight is 570 g/mol. The maximum absolute atomic E-state index is 14.0. The van der Waals surface area contributed by atoms with Crippen LogP contribution < -0.4 is 9.62 Å². The Labute approximate surface area is 236 Å². The molecule has 0 aliphatic carbocycles. The molecule has 0 saturated carbocycles. The molecule has 0 bridgehead atoms. The van der Waals surface area contributed by atoms with Gasteiger partial charge < -0.3 is 10.2 Å². The number of rotatable bonds is 12. The number of amides is 2. The molecular formula is C30H36ClN3O4S. The van der Waals surface area contributed by atoms with E-state index in [-0.39, 0.29) is 17.3 Å². The van der Waals surface area contributed by atoms with Crippen LogP contribution in [0, 0.1) is 6.92 Å². The van der Waals surface area contributed by atoms with Crippen molar-refractivity contribution in [3.05, 3.63) is 94.5 Å². The van der Waals surface area contributed by atoms with Gasteiger partial charge in [0, 0.05) is 18.1 Å². The predicted octanol–water partition coefficient (Wildman–Crippen LogP) is 5.35. The molecule has 0 aliphatic heterocycles. The quantitative estimate of drug-likeness (QED) is 0.318. The topological polar surface area (TPSA) is 86.8 Å². The summed E-state index contributed by atoms with van der Waals surface area (Å²) in [6, 6.07) is 19.9. The lowest BCUT2D eigenvalue weighted by Crippen LogP contribution is -2.51. The van der Waals surface area contributed by atoms with Gasteiger partial charge in [-0.25, -0.2) is 8.42 Å². The van der Waals surface area contributed by atoms with Crippen LogP contribution in [0.3, 0.4) is 0 Å². The van der Waals surface area contributed by atoms with E-state index in [0.717, 1.165) is 27.4 Å². The molecule has 0 saturated heterocycles. The maximum atomic E-state index is 14.0. The number of benzene rings is 3. The predicted molar refractivity (Wildman–Crippen MR) is 156 cm³/mol. The first-order chi connectivity index (χ1) is 18.6. The van der Waals surface area contributed by atoms with Crippen LogP contribution in [0.4, 0.5) is 5.69 Å². The van der Waals surface area contributed by atoms with Crippen LogP contribution in [-0.2, 0) is 32.6 Å². The van der Waals surface area contributed by atoms with Gasteiger partial charge in [0.15, 0.2) is 0 Å². The first-order valence-corrected chi connectivity index (χ1v) is 14.9. The fraction of sp³-hybridized carbons (Fsp3) is 0.333. The van der Waals surface area contributed by atoms with Crippen molar-refractivity contribution in [1.29, 1.82) is 0 Å². The minimum atomic E-state index is -4.11. The Balaban J connectivity index is 2.06. The number of hydrogen-bond acceptors (Lipinski definition) is 4. The van der Waals surface area contributed by atoms with E-state index in [1.165, 1.54) is 4.90 Å². The number of sulfonamides is 1. The Bertz CT molecular complexity index is 1390. The summed E-state index contributed by atoms with van der Waals surface area (Å²) in [6.07, 6.45) is 1.32. The lowest BCUT2D eigenvalue weighted by Gasteiger charge is -2.32. The molecule has 1 atom stereocenters. The molecule has 9 heteroatoms. The van der Waals surface area contributed by atoms with E-state index in [1.54, 1.807) is 61.5 Å². The van der Waals surface area contributed by atoms with Crippen LogP contribution in [0.15, 0.2) is 77.7 Å². The second kappa shape index (κ2) is 13.6. The van der Waals surface area contributed by atoms with E-state index in [1.807, 2.05) is 39.0 Å². The highest BCUT2D eigenvalue weighted by Gasteiger charge is 2.33. The lowest BCUT2D eigenvalue weighted by molar-refractivity contribution is -0.139. The minimum Gasteiger partial charge on any atom is -0.354 e. The van der Waals surface area contributed by atoms with Crippen molar-refractivity contribution in [2.24, 2.45) is 0 Å². The van der Waals surface area contributed by atoms with Gasteiger partial charge in [-0.1, -0.05) is 73.5 Å². The van der Waals surface area contributed by atoms with Crippen LogP contribution in [0.1, 0.15) is 43.9 Å². The van der Waals surface area contributed by atoms with E-state index >= 15 is 0 Å². The third kappa shape index (κ3) is 7.61. The number of halogens is 1. The van der Waals surface area contributed by atoms with Crippen molar-refractivity contribution in [1.82, 2.24) is 10.2 Å². The van der Waals surface area contributed by atoms with Gasteiger partial charge in [0.1, 0.15) is 12.6 Å². The highest BCUT2D eigenvalue weighted by Crippen LogP contribution is 2.28. The van der Waals surface area contributed by atoms with Gasteiger partial charge in [0.05, 0.1) is 10.6 Å². The van der Waals surface area contributed by atoms with Crippen molar-refractivity contribution < 1.29 is 18.0 Å². The Hall–Kier alpha value is -3.36. The van der Waals surface area contributed by atoms with Crippen LogP contribution in [0.5, 0.6) is 0 Å². The summed E-state index contributed by atoms with van der Waals surface area (Å²) < 4.78 is 29.1. The Morgan fingerprint density at radius 2 is 1.67 bits per heavy atom. The molecule has 3 rings (SSSR count). The Kier molecular flexibility index (Phi) is 10.5. The molecule has 7 nitrogen and oxygen atoms in total. The van der Waals surface area contributed by atoms with Crippen LogP contribution >= 0.6 is 11.6 Å². The molecule has 0 heterocycles. The molecule has 0 fully saturated rings. The highest BCUT2D eigenvalue weighted by molar-refractivity contribution is 7.92. The maximum Gasteiger partial charge on any atom is 0.264 e. The van der Waals surface area contributed by atoms with E-state index < -0.39 is 28.5 Å². The summed E-state index contributed by atoms with van der Waals surface area (Å²) in [4.78, 5) is 28.4. The second-order valence-corrected chi connectivity index (χ2v) is 11.7. The summed E-state index contributed by atoms with van der Waals surface area (Å²) in [7, 11) is -4.11. The Morgan fingerprint density at radius 3 is 2.31 bits per heavy atom. The van der Waals surface area contributed by atoms with Gasteiger partial charge in [-0.05, 0) is 68.1 Å². The molecule has 1 N–H and O–H groups in total. The van der Waals surface area contributed by atoms with Gasteiger partial charge in [0.2, 0.25) is 11.8 Å². The highest BCUT2D eigenvalue weighted by atomic mass is 35.5. The second-order valence-electron chi connectivity index (χ2n) is 9.43. The van der Waals surface area contributed by atoms with E-state index in [0.29, 0.717) is 23.7 Å². The summed E-state index contributed by atoms with van der Waals surface area (Å²) in [5.74, 6) is -0.815. The van der Waals surface area contributed by atoms with Gasteiger partial charge >= 0.3 is 0 Å². The first kappa shape index (κ1) is 30.2. The first-order valence-electron chi connectivity index (χ1n) is 13.1. The molecule has 0 aromatic heterocycles. The van der Waals surface area contributed by atoms with E-state index in [2.05, 4.69) is 5.32 Å². The van der Waals surface area contributed by atoms with E-state index in [9.17, 15) is 18.0 Å². The average Bonchev–Trinajstić information content (AvgIpc) is 2.93. The van der Waals surface area contributed by atoms with Crippen molar-refractivity contribution in [2.75, 3.05) is 17.4 Å². The summed E-state index contributed by atoms with van der Waals surface area (Å²) in [5, 5.41) is 3.34. The largest absolute Gasteiger partial charge is 0.354 e. The third-order valence-corrected chi connectivity index (χ3v) is 8.50. The third-order valence-electron chi connectivity index (χ3n) is 6.49. The molecule has 39 heavy (non-hydrogen) atoms. The summed E-state index contributed by atoms with van der Waals surface area (Å²) >= 11 is 6.18. The molecule has 0 aliphatic rings. The SMILES string of the molecule is CCCNC(=O)C(C)N(Cc1cccc(Cl)c1)C(=O)CN(c1ccccc1CC)S(=O)(=O)c1ccc(C)cc1. The van der Waals surface area contributed by atoms with Crippen LogP contribution in [-0.4, -0.2) is 44.3 Å². The van der Waals surface area contributed by atoms with E-state index in [4.69, 9.17) is 11.6 Å². The summed E-state index contributed by atoms with van der Waals surface area (Å²) in [6.45, 7) is 7.49. The van der Waals surface area contributed by atoms with Crippen molar-refractivity contribution in [3.8, 4) is 0 Å². The smallest absolute Gasteiger partial charge is 0.264 e. The zero-order valence-electron chi connectivity index (χ0n) is 22.9. The number of carbonyl (C=O) groups excluding carboxylic acids is 2. The van der Waals surface area contributed by atoms with Gasteiger partial charge in [0.25, 0.3) is 10.0 Å². The van der Waals surface area contributed by atoms with Gasteiger partial charge in [-0.15, -0.1) is 0 Å². The number of nitrogens with zero attached hydrogens (tertiary/aromatic N) is 2. The fourth-order valence-corrected chi connectivity index (χ4v) is 5.88. The zero-order chi connectivity index (χ0) is 28.6. The van der Waals surface area contributed by atoms with Crippen LogP contribution in [0.2, 0.25) is 5.02 Å². The lowest BCUT2D eigenvalue weighted by atomic mass is 10.1. The number of anilines is 1. The number of aryl methyl sites for hydroxylation is 2. The van der Waals surface area contributed by atoms with Gasteiger partial charge in [-0.3, -0.25) is 13.9 Å². The van der Waals surface area contributed by atoms with Crippen molar-refractivity contribution in [2.45, 2.75) is 58.0 Å². The van der Waals surface area contributed by atoms with Crippen LogP contribution in [0.25, 0.3) is 0 Å². The molecule has 3 aromatic rings. The normalized spacial score (nSPS) is 12.0. The van der Waals surface area contributed by atoms with Gasteiger partial charge in [-0.2, -0.15) is 0 Å². The number of carbonyl (C=O) groups is 2. The summed E-state index contributed by atoms with van der Waals surface area (Å²) in [5.41, 5.74) is 2.87. The molecule has 1 unspecified atom stereocenters. The Morgan fingerprint density at radius 1 is 0.974 bits per heavy atom. The molecule has 208 valence electrons. The standard InChI is InChI=1S/C30H36ClN3O4S/c1-5-18-32-30(36)23(4)33(20-24-10-9-12-26(31)19-24)29(35)21-34(28-13-8-7-11-25(28)6-2)39(37,38)27-16-14-22(3)15-17-27/h7-17,19,23H,5-6,18,20-21H2,1-4H3,(H,32,36). The fourth-order valence-electron chi connectivity index (χ4n) is 4.21. The minimum absolute atomic E-state index is 0.0851. The number of hydrogen-bond donors (Lipinski definition) is 1. The molecule has 3 aromatic carbocycles. The van der Waals surface area contributed by atoms with Crippen molar-refractivity contribution >= 4 is 39.1 Å². The zero-order valence-corrected chi connectivity index (χ0v) is 24.4. The van der Waals surface area contributed by atoms with Crippen molar-refractivity contribution in [3.63, 3.8) is 0 Å². The molecule has 0 spiro atoms. The number of para-hydroxylation sites is 1. The molecule has 2 amide bonds. The molecular weight excluding hydrogens is 534 g/mol. The number of nitrogens with one attached hydrogen (secondary N) is 1. The monoisotopic (exact) mass is 569 g/mol. The molecule has 0 radical (unpaired) electrons.